The lowest BCUT2D eigenvalue weighted by molar-refractivity contribution is -0.115. The molecule has 0 saturated carbocycles. The second-order valence-corrected chi connectivity index (χ2v) is 13.1. The van der Waals surface area contributed by atoms with Crippen molar-refractivity contribution < 1.29 is 19.1 Å². The Morgan fingerprint density at radius 2 is 2.00 bits per heavy atom. The molecular weight excluding hydrogens is 579 g/mol. The number of aryl methyl sites for hydroxylation is 3. The summed E-state index contributed by atoms with van der Waals surface area (Å²) in [6, 6.07) is 9.70. The van der Waals surface area contributed by atoms with E-state index >= 15 is 0 Å². The van der Waals surface area contributed by atoms with Gasteiger partial charge in [-0.3, -0.25) is 14.2 Å². The van der Waals surface area contributed by atoms with E-state index in [4.69, 9.17) is 4.74 Å². The van der Waals surface area contributed by atoms with Gasteiger partial charge < -0.3 is 15.4 Å². The summed E-state index contributed by atoms with van der Waals surface area (Å²) in [5.41, 5.74) is 4.43. The molecule has 1 atom stereocenters. The minimum absolute atomic E-state index is 0.169. The number of rotatable bonds is 10. The van der Waals surface area contributed by atoms with Crippen molar-refractivity contribution in [1.82, 2.24) is 20.1 Å². The van der Waals surface area contributed by atoms with E-state index in [1.807, 2.05) is 48.1 Å². The number of thioether (sulfide) groups is 1. The lowest BCUT2D eigenvalue weighted by Crippen LogP contribution is -2.25. The van der Waals surface area contributed by atoms with Crippen molar-refractivity contribution in [3.63, 3.8) is 0 Å². The molecule has 4 aromatic rings. The molecule has 3 aromatic heterocycles. The third-order valence-corrected chi connectivity index (χ3v) is 9.87. The summed E-state index contributed by atoms with van der Waals surface area (Å²) >= 11 is 4.10. The Labute approximate surface area is 250 Å². The van der Waals surface area contributed by atoms with Gasteiger partial charge in [-0.1, -0.05) is 30.0 Å². The number of esters is 1. The largest absolute Gasteiger partial charge is 0.462 e. The van der Waals surface area contributed by atoms with Gasteiger partial charge in [-0.05, 0) is 81.2 Å². The molecule has 1 unspecified atom stereocenters. The number of amides is 2. The average Bonchev–Trinajstić information content (AvgIpc) is 3.74. The summed E-state index contributed by atoms with van der Waals surface area (Å²) in [7, 11) is 0. The highest BCUT2D eigenvalue weighted by Gasteiger charge is 2.30. The Balaban J connectivity index is 1.39. The molecule has 0 bridgehead atoms. The van der Waals surface area contributed by atoms with Crippen molar-refractivity contribution >= 4 is 57.2 Å². The number of aromatic nitrogens is 3. The topological polar surface area (TPSA) is 115 Å². The molecular formula is C29H31N5O4S3. The quantitative estimate of drug-likeness (QED) is 0.175. The Morgan fingerprint density at radius 1 is 1.17 bits per heavy atom. The molecule has 1 aliphatic rings. The molecule has 0 radical (unpaired) electrons. The fourth-order valence-corrected chi connectivity index (χ4v) is 7.48. The van der Waals surface area contributed by atoms with Crippen LogP contribution in [0.3, 0.4) is 0 Å². The van der Waals surface area contributed by atoms with Gasteiger partial charge in [-0.25, -0.2) is 4.79 Å². The summed E-state index contributed by atoms with van der Waals surface area (Å²) in [6.45, 7) is 8.02. The molecule has 3 heterocycles. The van der Waals surface area contributed by atoms with E-state index in [2.05, 4.69) is 20.8 Å². The smallest absolute Gasteiger partial charge is 0.341 e. The number of fused-ring (bicyclic) bond motifs is 1. The summed E-state index contributed by atoms with van der Waals surface area (Å²) < 4.78 is 7.20. The molecule has 9 nitrogen and oxygen atoms in total. The van der Waals surface area contributed by atoms with Gasteiger partial charge in [-0.15, -0.1) is 32.9 Å². The first-order chi connectivity index (χ1) is 19.8. The fourth-order valence-electron chi connectivity index (χ4n) is 4.68. The number of thiophene rings is 2. The van der Waals surface area contributed by atoms with Crippen LogP contribution in [-0.2, 0) is 28.9 Å². The Morgan fingerprint density at radius 3 is 2.76 bits per heavy atom. The molecule has 12 heteroatoms. The van der Waals surface area contributed by atoms with Gasteiger partial charge in [0.2, 0.25) is 5.91 Å². The van der Waals surface area contributed by atoms with Gasteiger partial charge in [0.1, 0.15) is 5.00 Å². The van der Waals surface area contributed by atoms with Crippen LogP contribution in [0.5, 0.6) is 0 Å². The van der Waals surface area contributed by atoms with Gasteiger partial charge in [-0.2, -0.15) is 0 Å². The number of hydrogen-bond acceptors (Lipinski definition) is 9. The molecule has 2 N–H and O–H groups in total. The van der Waals surface area contributed by atoms with Crippen LogP contribution in [0.2, 0.25) is 0 Å². The first-order valence-corrected chi connectivity index (χ1v) is 16.0. The van der Waals surface area contributed by atoms with Crippen LogP contribution in [0, 0.1) is 13.8 Å². The minimum atomic E-state index is -0.552. The maximum Gasteiger partial charge on any atom is 0.341 e. The Kier molecular flexibility index (Phi) is 8.91. The van der Waals surface area contributed by atoms with Crippen LogP contribution in [0.15, 0.2) is 40.9 Å². The van der Waals surface area contributed by atoms with E-state index in [1.54, 1.807) is 19.9 Å². The molecule has 41 heavy (non-hydrogen) atoms. The lowest BCUT2D eigenvalue weighted by Gasteiger charge is -2.16. The predicted molar refractivity (Wildman–Crippen MR) is 163 cm³/mol. The van der Waals surface area contributed by atoms with Crippen LogP contribution < -0.4 is 10.6 Å². The van der Waals surface area contributed by atoms with Crippen LogP contribution in [0.25, 0.3) is 5.69 Å². The molecule has 214 valence electrons. The molecule has 0 fully saturated rings. The van der Waals surface area contributed by atoms with Crippen molar-refractivity contribution in [2.24, 2.45) is 0 Å². The Bertz CT molecular complexity index is 1590. The van der Waals surface area contributed by atoms with Crippen LogP contribution in [-0.4, -0.2) is 44.4 Å². The van der Waals surface area contributed by atoms with Crippen molar-refractivity contribution in [3.8, 4) is 5.69 Å². The zero-order valence-corrected chi connectivity index (χ0v) is 25.7. The highest BCUT2D eigenvalue weighted by atomic mass is 32.2. The highest BCUT2D eigenvalue weighted by Crippen LogP contribution is 2.40. The normalized spacial score (nSPS) is 13.1. The molecule has 0 aliphatic heterocycles. The number of carbonyl (C=O) groups is 3. The number of hydrogen-bond donors (Lipinski definition) is 2. The summed E-state index contributed by atoms with van der Waals surface area (Å²) in [5.74, 6) is -0.273. The van der Waals surface area contributed by atoms with Gasteiger partial charge >= 0.3 is 5.97 Å². The van der Waals surface area contributed by atoms with E-state index in [0.29, 0.717) is 26.4 Å². The zero-order chi connectivity index (χ0) is 29.1. The molecule has 2 amide bonds. The predicted octanol–water partition coefficient (Wildman–Crippen LogP) is 5.72. The number of nitrogens with zero attached hydrogens (tertiary/aromatic N) is 3. The number of anilines is 1. The molecule has 0 saturated heterocycles. The van der Waals surface area contributed by atoms with Crippen LogP contribution >= 0.6 is 34.4 Å². The molecule has 1 aliphatic carbocycles. The van der Waals surface area contributed by atoms with Crippen molar-refractivity contribution in [3.05, 3.63) is 73.5 Å². The van der Waals surface area contributed by atoms with Crippen LogP contribution in [0.4, 0.5) is 5.00 Å². The third kappa shape index (κ3) is 6.24. The number of nitrogens with one attached hydrogen (secondary N) is 2. The van der Waals surface area contributed by atoms with Crippen molar-refractivity contribution in [1.29, 1.82) is 0 Å². The SMILES string of the molecule is CCOC(=O)c1c(NC(=O)C(C)Sc2nnc(CNC(=O)c3cccs3)n2-c2cc(C)ccc2C)sc2c1CCC2. The van der Waals surface area contributed by atoms with E-state index < -0.39 is 11.2 Å². The summed E-state index contributed by atoms with van der Waals surface area (Å²) in [5, 5.41) is 17.1. The van der Waals surface area contributed by atoms with Gasteiger partial charge in [0, 0.05) is 4.88 Å². The molecule has 1 aromatic carbocycles. The zero-order valence-electron chi connectivity index (χ0n) is 23.3. The number of ether oxygens (including phenoxy) is 1. The van der Waals surface area contributed by atoms with E-state index in [9.17, 15) is 14.4 Å². The monoisotopic (exact) mass is 609 g/mol. The summed E-state index contributed by atoms with van der Waals surface area (Å²) in [4.78, 5) is 40.5. The first-order valence-electron chi connectivity index (χ1n) is 13.4. The van der Waals surface area contributed by atoms with E-state index in [-0.39, 0.29) is 25.0 Å². The van der Waals surface area contributed by atoms with Crippen LogP contribution in [0.1, 0.15) is 67.7 Å². The molecule has 0 spiro atoms. The van der Waals surface area contributed by atoms with E-state index in [0.717, 1.165) is 46.5 Å². The van der Waals surface area contributed by atoms with Crippen molar-refractivity contribution in [2.45, 2.75) is 63.9 Å². The molecule has 5 rings (SSSR count). The highest BCUT2D eigenvalue weighted by molar-refractivity contribution is 8.00. The standard InChI is InChI=1S/C29H31N5O4S3/c1-5-38-28(37)24-19-8-6-9-21(19)41-27(24)31-25(35)18(4)40-29-33-32-23(15-30-26(36)22-10-7-13-39-22)34(29)20-14-16(2)11-12-17(20)3/h7,10-14,18H,5-6,8-9,15H2,1-4H3,(H,30,36)(H,31,35). The lowest BCUT2D eigenvalue weighted by atomic mass is 10.1. The first kappa shape index (κ1) is 29.0. The summed E-state index contributed by atoms with van der Waals surface area (Å²) in [6.07, 6.45) is 2.71. The minimum Gasteiger partial charge on any atom is -0.462 e. The second kappa shape index (κ2) is 12.6. The van der Waals surface area contributed by atoms with E-state index in [1.165, 1.54) is 34.4 Å². The fraction of sp³-hybridized carbons (Fsp3) is 0.345. The van der Waals surface area contributed by atoms with Crippen molar-refractivity contribution in [2.75, 3.05) is 11.9 Å². The average molecular weight is 610 g/mol. The third-order valence-electron chi connectivity index (χ3n) is 6.75. The maximum absolute atomic E-state index is 13.4. The maximum atomic E-state index is 13.4. The van der Waals surface area contributed by atoms with Gasteiger partial charge in [0.15, 0.2) is 11.0 Å². The number of benzene rings is 1. The van der Waals surface area contributed by atoms with Gasteiger partial charge in [0.05, 0.1) is 34.5 Å². The second-order valence-electron chi connectivity index (χ2n) is 9.72. The van der Waals surface area contributed by atoms with Gasteiger partial charge in [0.25, 0.3) is 5.91 Å². The Hall–Kier alpha value is -3.48. The number of carbonyl (C=O) groups excluding carboxylic acids is 3.